The van der Waals surface area contributed by atoms with Crippen LogP contribution in [0.5, 0.6) is 0 Å². The Balaban J connectivity index is 2.07. The standard InChI is InChI=1S/C20H15ClO/c1-2-17(20(22)15-10-12-16(21)13-11-15)19-9-5-7-14-6-3-4-8-18(14)19/h1,3-13,17,20,22H. The Hall–Kier alpha value is -2.27. The maximum Gasteiger partial charge on any atom is 0.0968 e. The molecule has 2 heteroatoms. The predicted molar refractivity (Wildman–Crippen MR) is 91.9 cm³/mol. The van der Waals surface area contributed by atoms with E-state index in [9.17, 15) is 5.11 Å². The number of terminal acetylenes is 1. The summed E-state index contributed by atoms with van der Waals surface area (Å²) in [5.41, 5.74) is 1.73. The van der Waals surface area contributed by atoms with Gasteiger partial charge in [-0.2, -0.15) is 0 Å². The molecule has 0 radical (unpaired) electrons. The fourth-order valence-electron chi connectivity index (χ4n) is 2.73. The summed E-state index contributed by atoms with van der Waals surface area (Å²) in [5, 5.41) is 13.5. The van der Waals surface area contributed by atoms with E-state index >= 15 is 0 Å². The van der Waals surface area contributed by atoms with Crippen LogP contribution in [-0.2, 0) is 0 Å². The Morgan fingerprint density at radius 2 is 1.59 bits per heavy atom. The monoisotopic (exact) mass is 306 g/mol. The van der Waals surface area contributed by atoms with Crippen LogP contribution in [0.3, 0.4) is 0 Å². The largest absolute Gasteiger partial charge is 0.387 e. The maximum absolute atomic E-state index is 10.7. The Labute approximate surface area is 135 Å². The first-order valence-electron chi connectivity index (χ1n) is 7.08. The van der Waals surface area contributed by atoms with Crippen molar-refractivity contribution in [2.24, 2.45) is 0 Å². The second-order valence-electron chi connectivity index (χ2n) is 5.21. The van der Waals surface area contributed by atoms with Gasteiger partial charge in [0.1, 0.15) is 0 Å². The molecule has 0 aliphatic heterocycles. The zero-order chi connectivity index (χ0) is 15.5. The van der Waals surface area contributed by atoms with Crippen LogP contribution in [0.4, 0.5) is 0 Å². The second kappa shape index (κ2) is 6.23. The molecule has 0 spiro atoms. The summed E-state index contributed by atoms with van der Waals surface area (Å²) in [6.07, 6.45) is 4.96. The summed E-state index contributed by atoms with van der Waals surface area (Å²) in [4.78, 5) is 0. The van der Waals surface area contributed by atoms with Crippen LogP contribution in [0.1, 0.15) is 23.1 Å². The highest BCUT2D eigenvalue weighted by atomic mass is 35.5. The molecule has 2 unspecified atom stereocenters. The third kappa shape index (κ3) is 2.72. The van der Waals surface area contributed by atoms with Crippen molar-refractivity contribution >= 4 is 22.4 Å². The van der Waals surface area contributed by atoms with Gasteiger partial charge in [0.2, 0.25) is 0 Å². The number of hydrogen-bond acceptors (Lipinski definition) is 1. The SMILES string of the molecule is C#CC(c1cccc2ccccc12)C(O)c1ccc(Cl)cc1. The van der Waals surface area contributed by atoms with Crippen LogP contribution in [0, 0.1) is 12.3 Å². The van der Waals surface area contributed by atoms with Gasteiger partial charge in [-0.15, -0.1) is 6.42 Å². The Morgan fingerprint density at radius 1 is 0.909 bits per heavy atom. The van der Waals surface area contributed by atoms with E-state index in [0.29, 0.717) is 5.02 Å². The average molecular weight is 307 g/mol. The van der Waals surface area contributed by atoms with E-state index in [4.69, 9.17) is 18.0 Å². The molecule has 0 aromatic heterocycles. The molecule has 1 nitrogen and oxygen atoms in total. The van der Waals surface area contributed by atoms with Gasteiger partial charge in [-0.05, 0) is 34.0 Å². The van der Waals surface area contributed by atoms with Gasteiger partial charge in [0.15, 0.2) is 0 Å². The van der Waals surface area contributed by atoms with Crippen molar-refractivity contribution in [3.8, 4) is 12.3 Å². The van der Waals surface area contributed by atoms with Gasteiger partial charge in [0, 0.05) is 5.02 Å². The van der Waals surface area contributed by atoms with Crippen molar-refractivity contribution in [2.75, 3.05) is 0 Å². The molecule has 0 aliphatic rings. The number of fused-ring (bicyclic) bond motifs is 1. The minimum atomic E-state index is -0.770. The molecule has 1 N–H and O–H groups in total. The molecule has 22 heavy (non-hydrogen) atoms. The number of halogens is 1. The summed E-state index contributed by atoms with van der Waals surface area (Å²) < 4.78 is 0. The van der Waals surface area contributed by atoms with E-state index in [2.05, 4.69) is 5.92 Å². The highest BCUT2D eigenvalue weighted by Crippen LogP contribution is 2.34. The van der Waals surface area contributed by atoms with Crippen molar-refractivity contribution in [3.63, 3.8) is 0 Å². The van der Waals surface area contributed by atoms with Gasteiger partial charge in [-0.3, -0.25) is 0 Å². The second-order valence-corrected chi connectivity index (χ2v) is 5.65. The Morgan fingerprint density at radius 3 is 2.32 bits per heavy atom. The Kier molecular flexibility index (Phi) is 4.15. The van der Waals surface area contributed by atoms with Crippen LogP contribution in [0.25, 0.3) is 10.8 Å². The lowest BCUT2D eigenvalue weighted by Gasteiger charge is -2.20. The highest BCUT2D eigenvalue weighted by molar-refractivity contribution is 6.30. The van der Waals surface area contributed by atoms with Gasteiger partial charge in [-0.25, -0.2) is 0 Å². The van der Waals surface area contributed by atoms with Crippen molar-refractivity contribution in [1.29, 1.82) is 0 Å². The number of benzene rings is 3. The predicted octanol–water partition coefficient (Wildman–Crippen LogP) is 4.94. The van der Waals surface area contributed by atoms with Crippen molar-refractivity contribution in [3.05, 3.63) is 82.9 Å². The van der Waals surface area contributed by atoms with E-state index in [1.54, 1.807) is 12.1 Å². The van der Waals surface area contributed by atoms with Crippen molar-refractivity contribution in [2.45, 2.75) is 12.0 Å². The molecule has 0 aliphatic carbocycles. The fourth-order valence-corrected chi connectivity index (χ4v) is 2.85. The number of hydrogen-bond donors (Lipinski definition) is 1. The molecule has 3 aromatic carbocycles. The quantitative estimate of drug-likeness (QED) is 0.679. The molecule has 0 amide bonds. The lowest BCUT2D eigenvalue weighted by Crippen LogP contribution is -2.09. The zero-order valence-electron chi connectivity index (χ0n) is 11.9. The van der Waals surface area contributed by atoms with Gasteiger partial charge in [0.25, 0.3) is 0 Å². The first kappa shape index (κ1) is 14.7. The molecular weight excluding hydrogens is 292 g/mol. The molecule has 0 bridgehead atoms. The van der Waals surface area contributed by atoms with Crippen molar-refractivity contribution < 1.29 is 5.11 Å². The summed E-state index contributed by atoms with van der Waals surface area (Å²) in [6.45, 7) is 0. The van der Waals surface area contributed by atoms with Crippen LogP contribution in [0.15, 0.2) is 66.7 Å². The van der Waals surface area contributed by atoms with Gasteiger partial charge in [0.05, 0.1) is 12.0 Å². The highest BCUT2D eigenvalue weighted by Gasteiger charge is 2.22. The maximum atomic E-state index is 10.7. The first-order valence-corrected chi connectivity index (χ1v) is 7.46. The topological polar surface area (TPSA) is 20.2 Å². The first-order chi connectivity index (χ1) is 10.7. The summed E-state index contributed by atoms with van der Waals surface area (Å²) in [5.74, 6) is 2.33. The molecule has 2 atom stereocenters. The third-order valence-electron chi connectivity index (χ3n) is 3.87. The van der Waals surface area contributed by atoms with Gasteiger partial charge < -0.3 is 5.11 Å². The minimum absolute atomic E-state index is 0.410. The van der Waals surface area contributed by atoms with Crippen LogP contribution in [0.2, 0.25) is 5.02 Å². The van der Waals surface area contributed by atoms with Crippen LogP contribution < -0.4 is 0 Å². The lowest BCUT2D eigenvalue weighted by atomic mass is 9.87. The zero-order valence-corrected chi connectivity index (χ0v) is 12.7. The molecule has 108 valence electrons. The van der Waals surface area contributed by atoms with Gasteiger partial charge in [-0.1, -0.05) is 72.1 Å². The smallest absolute Gasteiger partial charge is 0.0968 e. The fraction of sp³-hybridized carbons (Fsp3) is 0.100. The van der Waals surface area contributed by atoms with E-state index in [0.717, 1.165) is 21.9 Å². The van der Waals surface area contributed by atoms with E-state index < -0.39 is 12.0 Å². The molecule has 0 heterocycles. The normalized spacial score (nSPS) is 13.5. The Bertz CT molecular complexity index is 825. The van der Waals surface area contributed by atoms with Crippen LogP contribution in [-0.4, -0.2) is 5.11 Å². The van der Waals surface area contributed by atoms with Gasteiger partial charge >= 0.3 is 0 Å². The molecule has 0 fully saturated rings. The molecular formula is C20H15ClO. The number of rotatable bonds is 3. The minimum Gasteiger partial charge on any atom is -0.387 e. The molecule has 3 aromatic rings. The van der Waals surface area contributed by atoms with E-state index in [-0.39, 0.29) is 0 Å². The van der Waals surface area contributed by atoms with Crippen LogP contribution >= 0.6 is 11.6 Å². The number of aliphatic hydroxyl groups is 1. The summed E-state index contributed by atoms with van der Waals surface area (Å²) in [7, 11) is 0. The molecule has 3 rings (SSSR count). The summed E-state index contributed by atoms with van der Waals surface area (Å²) in [6, 6.07) is 21.2. The molecule has 0 saturated heterocycles. The van der Waals surface area contributed by atoms with E-state index in [1.165, 1.54) is 0 Å². The van der Waals surface area contributed by atoms with E-state index in [1.807, 2.05) is 54.6 Å². The number of aliphatic hydroxyl groups excluding tert-OH is 1. The third-order valence-corrected chi connectivity index (χ3v) is 4.12. The summed E-state index contributed by atoms with van der Waals surface area (Å²) >= 11 is 5.90. The van der Waals surface area contributed by atoms with Crippen molar-refractivity contribution in [1.82, 2.24) is 0 Å². The lowest BCUT2D eigenvalue weighted by molar-refractivity contribution is 0.165. The average Bonchev–Trinajstić information content (AvgIpc) is 2.56. The molecule has 0 saturated carbocycles.